The molecule has 2 aromatic heterocycles. The fraction of sp³-hybridized carbons (Fsp3) is 0. The molecule has 0 aliphatic rings. The first-order valence-electron chi connectivity index (χ1n) is 4.45. The van der Waals surface area contributed by atoms with E-state index in [2.05, 4.69) is 15.0 Å². The van der Waals surface area contributed by atoms with E-state index >= 15 is 0 Å². The number of rotatable bonds is 2. The molecule has 0 unspecified atom stereocenters. The quantitative estimate of drug-likeness (QED) is 0.808. The first-order valence-corrected chi connectivity index (χ1v) is 4.45. The van der Waals surface area contributed by atoms with Crippen LogP contribution in [0.25, 0.3) is 11.4 Å². The fourth-order valence-electron chi connectivity index (χ4n) is 1.16. The van der Waals surface area contributed by atoms with Gasteiger partial charge in [0, 0.05) is 24.2 Å². The highest BCUT2D eigenvalue weighted by atomic mass is 16.5. The van der Waals surface area contributed by atoms with Crippen LogP contribution in [0.3, 0.4) is 0 Å². The third-order valence-electron chi connectivity index (χ3n) is 1.76. The minimum Gasteiger partial charge on any atom is -0.409 e. The van der Waals surface area contributed by atoms with E-state index in [0.29, 0.717) is 11.4 Å². The predicted molar refractivity (Wildman–Crippen MR) is 55.5 cm³/mol. The topological polar surface area (TPSA) is 91.0 Å². The van der Waals surface area contributed by atoms with Gasteiger partial charge in [-0.3, -0.25) is 4.98 Å². The Morgan fingerprint density at radius 2 is 2.00 bits per heavy atom. The van der Waals surface area contributed by atoms with E-state index in [9.17, 15) is 4.79 Å². The summed E-state index contributed by atoms with van der Waals surface area (Å²) in [4.78, 5) is 22.6. The van der Waals surface area contributed by atoms with Crippen LogP contribution in [0.15, 0.2) is 36.9 Å². The van der Waals surface area contributed by atoms with E-state index in [1.54, 1.807) is 30.7 Å². The lowest BCUT2D eigenvalue weighted by atomic mass is 10.2. The molecule has 2 heterocycles. The van der Waals surface area contributed by atoms with Gasteiger partial charge in [0.2, 0.25) is 0 Å². The number of aromatic nitrogens is 3. The fourth-order valence-corrected chi connectivity index (χ4v) is 1.16. The molecule has 0 atom stereocenters. The zero-order valence-electron chi connectivity index (χ0n) is 8.20. The van der Waals surface area contributed by atoms with Gasteiger partial charge in [0.15, 0.2) is 11.6 Å². The van der Waals surface area contributed by atoms with Crippen molar-refractivity contribution in [3.8, 4) is 17.1 Å². The maximum atomic E-state index is 10.6. The van der Waals surface area contributed by atoms with Crippen molar-refractivity contribution < 1.29 is 9.53 Å². The molecule has 80 valence electrons. The number of nitrogens with two attached hydrogens (primary N) is 1. The van der Waals surface area contributed by atoms with Gasteiger partial charge in [0.1, 0.15) is 0 Å². The predicted octanol–water partition coefficient (Wildman–Crippen LogP) is 0.996. The van der Waals surface area contributed by atoms with Crippen LogP contribution in [0.2, 0.25) is 0 Å². The van der Waals surface area contributed by atoms with Gasteiger partial charge in [0.25, 0.3) is 0 Å². The molecule has 0 radical (unpaired) electrons. The third kappa shape index (κ3) is 2.30. The van der Waals surface area contributed by atoms with E-state index in [1.165, 1.54) is 6.20 Å². The monoisotopic (exact) mass is 216 g/mol. The van der Waals surface area contributed by atoms with Crippen LogP contribution in [-0.4, -0.2) is 21.0 Å². The van der Waals surface area contributed by atoms with Gasteiger partial charge >= 0.3 is 6.09 Å². The molecule has 2 N–H and O–H groups in total. The minimum atomic E-state index is -0.882. The van der Waals surface area contributed by atoms with Crippen LogP contribution in [0, 0.1) is 0 Å². The van der Waals surface area contributed by atoms with Crippen LogP contribution >= 0.6 is 0 Å². The number of carbonyl (C=O) groups is 1. The first kappa shape index (κ1) is 10.0. The SMILES string of the molecule is NC(=O)Oc1cncc(-c2ncccn2)c1. The number of carbonyl (C=O) groups excluding carboxylic acids is 1. The highest BCUT2D eigenvalue weighted by Gasteiger charge is 2.04. The van der Waals surface area contributed by atoms with Crippen LogP contribution in [0.1, 0.15) is 0 Å². The van der Waals surface area contributed by atoms with Gasteiger partial charge in [-0.1, -0.05) is 0 Å². The minimum absolute atomic E-state index is 0.262. The standard InChI is InChI=1S/C10H8N4O2/c11-10(15)16-8-4-7(5-12-6-8)9-13-2-1-3-14-9/h1-6H,(H2,11,15). The zero-order valence-corrected chi connectivity index (χ0v) is 8.20. The third-order valence-corrected chi connectivity index (χ3v) is 1.76. The number of hydrogen-bond donors (Lipinski definition) is 1. The summed E-state index contributed by atoms with van der Waals surface area (Å²) >= 11 is 0. The number of hydrogen-bond acceptors (Lipinski definition) is 5. The van der Waals surface area contributed by atoms with E-state index < -0.39 is 6.09 Å². The molecule has 0 spiro atoms. The summed E-state index contributed by atoms with van der Waals surface area (Å²) < 4.78 is 4.70. The lowest BCUT2D eigenvalue weighted by Gasteiger charge is -2.02. The smallest absolute Gasteiger partial charge is 0.409 e. The average Bonchev–Trinajstić information content (AvgIpc) is 2.30. The average molecular weight is 216 g/mol. The Kier molecular flexibility index (Phi) is 2.73. The molecular weight excluding hydrogens is 208 g/mol. The van der Waals surface area contributed by atoms with E-state index in [-0.39, 0.29) is 5.75 Å². The molecule has 2 aromatic rings. The van der Waals surface area contributed by atoms with Crippen molar-refractivity contribution in [1.29, 1.82) is 0 Å². The van der Waals surface area contributed by atoms with Crippen molar-refractivity contribution in [1.82, 2.24) is 15.0 Å². The molecule has 16 heavy (non-hydrogen) atoms. The Hall–Kier alpha value is -2.50. The highest BCUT2D eigenvalue weighted by molar-refractivity contribution is 5.68. The second kappa shape index (κ2) is 4.35. The highest BCUT2D eigenvalue weighted by Crippen LogP contribution is 2.18. The number of pyridine rings is 1. The van der Waals surface area contributed by atoms with Crippen molar-refractivity contribution in [3.63, 3.8) is 0 Å². The molecule has 6 nitrogen and oxygen atoms in total. The van der Waals surface area contributed by atoms with Gasteiger partial charge < -0.3 is 10.5 Å². The Morgan fingerprint density at radius 3 is 2.69 bits per heavy atom. The summed E-state index contributed by atoms with van der Waals surface area (Å²) in [6.45, 7) is 0. The van der Waals surface area contributed by atoms with Gasteiger partial charge in [-0.25, -0.2) is 14.8 Å². The molecule has 0 bridgehead atoms. The molecule has 1 amide bonds. The lowest BCUT2D eigenvalue weighted by molar-refractivity contribution is 0.210. The molecule has 6 heteroatoms. The van der Waals surface area contributed by atoms with Crippen molar-refractivity contribution in [2.24, 2.45) is 5.73 Å². The Labute approximate surface area is 91.1 Å². The van der Waals surface area contributed by atoms with E-state index in [0.717, 1.165) is 0 Å². The van der Waals surface area contributed by atoms with Crippen LogP contribution < -0.4 is 10.5 Å². The Bertz CT molecular complexity index is 501. The van der Waals surface area contributed by atoms with Gasteiger partial charge in [-0.15, -0.1) is 0 Å². The van der Waals surface area contributed by atoms with Gasteiger partial charge in [-0.2, -0.15) is 0 Å². The lowest BCUT2D eigenvalue weighted by Crippen LogP contribution is -2.16. The van der Waals surface area contributed by atoms with Crippen LogP contribution in [-0.2, 0) is 0 Å². The summed E-state index contributed by atoms with van der Waals surface area (Å²) in [5.74, 6) is 0.766. The van der Waals surface area contributed by atoms with Gasteiger partial charge in [0.05, 0.1) is 6.20 Å². The summed E-state index contributed by atoms with van der Waals surface area (Å²) in [6.07, 6.45) is 5.31. The molecule has 0 aliphatic carbocycles. The van der Waals surface area contributed by atoms with Crippen LogP contribution in [0.4, 0.5) is 4.79 Å². The van der Waals surface area contributed by atoms with Crippen molar-refractivity contribution in [3.05, 3.63) is 36.9 Å². The van der Waals surface area contributed by atoms with Crippen molar-refractivity contribution in [2.45, 2.75) is 0 Å². The second-order valence-corrected chi connectivity index (χ2v) is 2.90. The van der Waals surface area contributed by atoms with Gasteiger partial charge in [-0.05, 0) is 12.1 Å². The number of nitrogens with zero attached hydrogens (tertiary/aromatic N) is 3. The Balaban J connectivity index is 2.33. The molecular formula is C10H8N4O2. The molecule has 2 rings (SSSR count). The number of primary amides is 1. The Morgan fingerprint density at radius 1 is 1.25 bits per heavy atom. The molecule has 0 aromatic carbocycles. The maximum absolute atomic E-state index is 10.6. The summed E-state index contributed by atoms with van der Waals surface area (Å²) in [5.41, 5.74) is 5.55. The second-order valence-electron chi connectivity index (χ2n) is 2.90. The largest absolute Gasteiger partial charge is 0.410 e. The zero-order chi connectivity index (χ0) is 11.4. The van der Waals surface area contributed by atoms with Crippen molar-refractivity contribution >= 4 is 6.09 Å². The van der Waals surface area contributed by atoms with Crippen LogP contribution in [0.5, 0.6) is 5.75 Å². The van der Waals surface area contributed by atoms with E-state index in [1.807, 2.05) is 0 Å². The number of ether oxygens (including phenoxy) is 1. The summed E-state index contributed by atoms with van der Waals surface area (Å²) in [5, 5.41) is 0. The normalized spacial score (nSPS) is 9.75. The molecule has 0 fully saturated rings. The maximum Gasteiger partial charge on any atom is 0.410 e. The molecule has 0 saturated carbocycles. The van der Waals surface area contributed by atoms with E-state index in [4.69, 9.17) is 10.5 Å². The van der Waals surface area contributed by atoms with Crippen molar-refractivity contribution in [2.75, 3.05) is 0 Å². The molecule has 0 saturated heterocycles. The first-order chi connectivity index (χ1) is 7.75. The number of amides is 1. The summed E-state index contributed by atoms with van der Waals surface area (Å²) in [7, 11) is 0. The molecule has 0 aliphatic heterocycles. The summed E-state index contributed by atoms with van der Waals surface area (Å²) in [6, 6.07) is 3.30.